The van der Waals surface area contributed by atoms with E-state index in [4.69, 9.17) is 10.3 Å². The molecule has 0 bridgehead atoms. The van der Waals surface area contributed by atoms with Gasteiger partial charge in [0.2, 0.25) is 0 Å². The Bertz CT molecular complexity index is 280. The molecule has 0 aliphatic heterocycles. The van der Waals surface area contributed by atoms with Gasteiger partial charge in [0.05, 0.1) is 5.69 Å². The van der Waals surface area contributed by atoms with E-state index in [1.807, 2.05) is 6.92 Å². The molecule has 0 spiro atoms. The number of fused-ring (bicyclic) bond motifs is 1. The van der Waals surface area contributed by atoms with Crippen LogP contribution in [0.3, 0.4) is 0 Å². The van der Waals surface area contributed by atoms with Crippen LogP contribution in [0.1, 0.15) is 35.8 Å². The molecule has 0 fully saturated rings. The fraction of sp³-hybridized carbons (Fsp3) is 0.667. The van der Waals surface area contributed by atoms with Crippen molar-refractivity contribution in [1.29, 1.82) is 0 Å². The zero-order valence-corrected chi connectivity index (χ0v) is 7.34. The maximum Gasteiger partial charge on any atom is 0.140 e. The minimum absolute atomic E-state index is 0.608. The van der Waals surface area contributed by atoms with Crippen LogP contribution < -0.4 is 5.73 Å². The molecule has 12 heavy (non-hydrogen) atoms. The summed E-state index contributed by atoms with van der Waals surface area (Å²) in [5, 5.41) is 3.95. The second kappa shape index (κ2) is 2.90. The highest BCUT2D eigenvalue weighted by atomic mass is 16.5. The summed E-state index contributed by atoms with van der Waals surface area (Å²) in [4.78, 5) is 0. The summed E-state index contributed by atoms with van der Waals surface area (Å²) in [5.74, 6) is 1.70. The normalized spacial score (nSPS) is 21.3. The van der Waals surface area contributed by atoms with E-state index in [-0.39, 0.29) is 0 Å². The molecule has 3 heteroatoms. The van der Waals surface area contributed by atoms with Gasteiger partial charge in [0.25, 0.3) is 0 Å². The van der Waals surface area contributed by atoms with Crippen LogP contribution in [-0.4, -0.2) is 11.7 Å². The van der Waals surface area contributed by atoms with Crippen LogP contribution in [0.25, 0.3) is 0 Å². The molecule has 0 radical (unpaired) electrons. The van der Waals surface area contributed by atoms with Crippen LogP contribution in [0, 0.1) is 6.92 Å². The van der Waals surface area contributed by atoms with Crippen LogP contribution in [0.4, 0.5) is 0 Å². The highest BCUT2D eigenvalue weighted by Gasteiger charge is 2.27. The van der Waals surface area contributed by atoms with Gasteiger partial charge < -0.3 is 10.3 Å². The Morgan fingerprint density at radius 1 is 1.67 bits per heavy atom. The standard InChI is InChI=1S/C9H14N2O/c1-6-9-7(4-5-10)2-3-8(9)12-11-6/h7H,2-5,10H2,1H3. The SMILES string of the molecule is Cc1noc2c1C(CCN)CC2. The van der Waals surface area contributed by atoms with Crippen molar-refractivity contribution >= 4 is 0 Å². The molecule has 0 aromatic carbocycles. The van der Waals surface area contributed by atoms with Crippen molar-refractivity contribution < 1.29 is 4.52 Å². The molecule has 2 N–H and O–H groups in total. The Labute approximate surface area is 71.9 Å². The minimum Gasteiger partial charge on any atom is -0.361 e. The average molecular weight is 166 g/mol. The van der Waals surface area contributed by atoms with Gasteiger partial charge in [-0.3, -0.25) is 0 Å². The van der Waals surface area contributed by atoms with Crippen molar-refractivity contribution in [3.05, 3.63) is 17.0 Å². The van der Waals surface area contributed by atoms with Gasteiger partial charge in [-0.15, -0.1) is 0 Å². The molecule has 1 aromatic rings. The lowest BCUT2D eigenvalue weighted by Gasteiger charge is -2.06. The van der Waals surface area contributed by atoms with Crippen molar-refractivity contribution in [1.82, 2.24) is 5.16 Å². The predicted octanol–water partition coefficient (Wildman–Crippen LogP) is 1.36. The highest BCUT2D eigenvalue weighted by molar-refractivity contribution is 5.30. The third-order valence-corrected chi connectivity index (χ3v) is 2.63. The Balaban J connectivity index is 2.27. The average Bonchev–Trinajstić information content (AvgIpc) is 2.58. The summed E-state index contributed by atoms with van der Waals surface area (Å²) in [5.41, 5.74) is 7.92. The number of aromatic nitrogens is 1. The van der Waals surface area contributed by atoms with Crippen LogP contribution in [0.2, 0.25) is 0 Å². The Kier molecular flexibility index (Phi) is 1.89. The number of nitrogens with two attached hydrogens (primary N) is 1. The van der Waals surface area contributed by atoms with E-state index in [2.05, 4.69) is 5.16 Å². The zero-order chi connectivity index (χ0) is 8.55. The summed E-state index contributed by atoms with van der Waals surface area (Å²) < 4.78 is 5.19. The number of hydrogen-bond acceptors (Lipinski definition) is 3. The smallest absolute Gasteiger partial charge is 0.140 e. The van der Waals surface area contributed by atoms with Gasteiger partial charge in [-0.2, -0.15) is 0 Å². The molecule has 2 rings (SSSR count). The van der Waals surface area contributed by atoms with Crippen LogP contribution in [0.15, 0.2) is 4.52 Å². The van der Waals surface area contributed by atoms with E-state index in [1.165, 1.54) is 12.0 Å². The molecule has 0 saturated heterocycles. The molecule has 1 aromatic heterocycles. The first-order valence-electron chi connectivity index (χ1n) is 4.48. The lowest BCUT2D eigenvalue weighted by molar-refractivity contribution is 0.381. The molecular weight excluding hydrogens is 152 g/mol. The first-order chi connectivity index (χ1) is 5.83. The van der Waals surface area contributed by atoms with Crippen LogP contribution >= 0.6 is 0 Å². The maximum absolute atomic E-state index is 5.53. The Hall–Kier alpha value is -0.830. The fourth-order valence-electron chi connectivity index (χ4n) is 2.07. The van der Waals surface area contributed by atoms with E-state index >= 15 is 0 Å². The second-order valence-electron chi connectivity index (χ2n) is 3.42. The molecule has 1 unspecified atom stereocenters. The fourth-order valence-corrected chi connectivity index (χ4v) is 2.07. The lowest BCUT2D eigenvalue weighted by atomic mass is 9.98. The van der Waals surface area contributed by atoms with E-state index in [0.717, 1.165) is 30.8 Å². The van der Waals surface area contributed by atoms with Crippen molar-refractivity contribution in [3.63, 3.8) is 0 Å². The molecule has 0 amide bonds. The van der Waals surface area contributed by atoms with Gasteiger partial charge in [-0.05, 0) is 32.2 Å². The zero-order valence-electron chi connectivity index (χ0n) is 7.34. The monoisotopic (exact) mass is 166 g/mol. The minimum atomic E-state index is 0.608. The summed E-state index contributed by atoms with van der Waals surface area (Å²) in [6.45, 7) is 2.77. The van der Waals surface area contributed by atoms with Gasteiger partial charge in [-0.25, -0.2) is 0 Å². The van der Waals surface area contributed by atoms with Gasteiger partial charge in [0.15, 0.2) is 0 Å². The first-order valence-corrected chi connectivity index (χ1v) is 4.48. The van der Waals surface area contributed by atoms with E-state index in [1.54, 1.807) is 0 Å². The van der Waals surface area contributed by atoms with Crippen LogP contribution in [0.5, 0.6) is 0 Å². The molecular formula is C9H14N2O. The summed E-state index contributed by atoms with van der Waals surface area (Å²) in [6.07, 6.45) is 3.30. The molecule has 3 nitrogen and oxygen atoms in total. The summed E-state index contributed by atoms with van der Waals surface area (Å²) >= 11 is 0. The summed E-state index contributed by atoms with van der Waals surface area (Å²) in [6, 6.07) is 0. The lowest BCUT2D eigenvalue weighted by Crippen LogP contribution is -2.05. The van der Waals surface area contributed by atoms with Crippen molar-refractivity contribution in [3.8, 4) is 0 Å². The number of rotatable bonds is 2. The highest BCUT2D eigenvalue weighted by Crippen LogP contribution is 2.36. The molecule has 0 saturated carbocycles. The summed E-state index contributed by atoms with van der Waals surface area (Å²) in [7, 11) is 0. The van der Waals surface area contributed by atoms with Crippen LogP contribution in [-0.2, 0) is 6.42 Å². The quantitative estimate of drug-likeness (QED) is 0.721. The molecule has 1 heterocycles. The van der Waals surface area contributed by atoms with Crippen molar-refractivity contribution in [2.75, 3.05) is 6.54 Å². The van der Waals surface area contributed by atoms with Gasteiger partial charge >= 0.3 is 0 Å². The number of hydrogen-bond donors (Lipinski definition) is 1. The maximum atomic E-state index is 5.53. The largest absolute Gasteiger partial charge is 0.361 e. The number of aryl methyl sites for hydroxylation is 2. The van der Waals surface area contributed by atoms with Crippen molar-refractivity contribution in [2.24, 2.45) is 5.73 Å². The van der Waals surface area contributed by atoms with E-state index in [0.29, 0.717) is 5.92 Å². The van der Waals surface area contributed by atoms with Gasteiger partial charge in [0, 0.05) is 12.0 Å². The van der Waals surface area contributed by atoms with Crippen molar-refractivity contribution in [2.45, 2.75) is 32.1 Å². The van der Waals surface area contributed by atoms with E-state index in [9.17, 15) is 0 Å². The van der Waals surface area contributed by atoms with E-state index < -0.39 is 0 Å². The Morgan fingerprint density at radius 2 is 2.50 bits per heavy atom. The molecule has 66 valence electrons. The second-order valence-corrected chi connectivity index (χ2v) is 3.42. The first kappa shape index (κ1) is 7.80. The molecule has 1 aliphatic carbocycles. The molecule has 1 atom stereocenters. The molecule has 1 aliphatic rings. The third kappa shape index (κ3) is 1.05. The number of nitrogens with zero attached hydrogens (tertiary/aromatic N) is 1. The topological polar surface area (TPSA) is 52.0 Å². The Morgan fingerprint density at radius 3 is 3.25 bits per heavy atom. The van der Waals surface area contributed by atoms with Gasteiger partial charge in [0.1, 0.15) is 5.76 Å². The van der Waals surface area contributed by atoms with Gasteiger partial charge in [-0.1, -0.05) is 5.16 Å². The third-order valence-electron chi connectivity index (χ3n) is 2.63. The predicted molar refractivity (Wildman–Crippen MR) is 46.0 cm³/mol.